The van der Waals surface area contributed by atoms with Crippen LogP contribution in [0.4, 0.5) is 15.9 Å². The Hall–Kier alpha value is -3.45. The van der Waals surface area contributed by atoms with Gasteiger partial charge in [-0.25, -0.2) is 17.4 Å². The number of anilines is 2. The fourth-order valence-corrected chi connectivity index (χ4v) is 5.60. The summed E-state index contributed by atoms with van der Waals surface area (Å²) < 4.78 is 46.3. The second kappa shape index (κ2) is 9.81. The largest absolute Gasteiger partial charge is 0.409 e. The summed E-state index contributed by atoms with van der Waals surface area (Å²) in [4.78, 5) is 0.246. The van der Waals surface area contributed by atoms with Crippen molar-refractivity contribution in [1.82, 2.24) is 14.6 Å². The average molecular weight is 551 g/mol. The Morgan fingerprint density at radius 1 is 1.29 bits per heavy atom. The van der Waals surface area contributed by atoms with E-state index in [1.165, 1.54) is 22.5 Å². The smallest absolute Gasteiger partial charge is 0.264 e. The van der Waals surface area contributed by atoms with Gasteiger partial charge in [0.15, 0.2) is 5.69 Å². The first-order valence-corrected chi connectivity index (χ1v) is 12.3. The van der Waals surface area contributed by atoms with Crippen LogP contribution in [0.5, 0.6) is 0 Å². The molecule has 0 fully saturated rings. The maximum absolute atomic E-state index is 13.5. The maximum Gasteiger partial charge on any atom is 0.264 e. The van der Waals surface area contributed by atoms with E-state index < -0.39 is 15.8 Å². The van der Waals surface area contributed by atoms with E-state index >= 15 is 0 Å². The lowest BCUT2D eigenvalue weighted by Gasteiger charge is -2.23. The number of halogens is 2. The monoisotopic (exact) mass is 550 g/mol. The SMILES string of the molecule is Cc1ccccc1S(=O)(=O)N1CCC=C1CNc1nonc1/C(=N/O)Nc1ccc(F)c(Br)c1. The number of aromatic nitrogens is 2. The lowest BCUT2D eigenvalue weighted by molar-refractivity contribution is 0.305. The van der Waals surface area contributed by atoms with Gasteiger partial charge in [-0.3, -0.25) is 4.31 Å². The Bertz CT molecular complexity index is 1380. The fourth-order valence-electron chi connectivity index (χ4n) is 3.47. The number of aryl methyl sites for hydroxylation is 1. The van der Waals surface area contributed by atoms with Gasteiger partial charge < -0.3 is 15.8 Å². The second-order valence-corrected chi connectivity index (χ2v) is 10.0. The minimum atomic E-state index is -3.73. The minimum Gasteiger partial charge on any atom is -0.409 e. The maximum atomic E-state index is 13.5. The fraction of sp³-hybridized carbons (Fsp3) is 0.190. The van der Waals surface area contributed by atoms with Gasteiger partial charge in [-0.15, -0.1) is 0 Å². The van der Waals surface area contributed by atoms with E-state index in [9.17, 15) is 18.0 Å². The van der Waals surface area contributed by atoms with Crippen LogP contribution in [0.1, 0.15) is 17.7 Å². The highest BCUT2D eigenvalue weighted by molar-refractivity contribution is 9.10. The molecule has 3 N–H and O–H groups in total. The van der Waals surface area contributed by atoms with Gasteiger partial charge in [0.05, 0.1) is 15.9 Å². The van der Waals surface area contributed by atoms with Crippen molar-refractivity contribution < 1.29 is 22.6 Å². The zero-order valence-corrected chi connectivity index (χ0v) is 20.3. The predicted molar refractivity (Wildman–Crippen MR) is 127 cm³/mol. The predicted octanol–water partition coefficient (Wildman–Crippen LogP) is 3.92. The van der Waals surface area contributed by atoms with Crippen molar-refractivity contribution in [3.8, 4) is 0 Å². The van der Waals surface area contributed by atoms with E-state index in [1.807, 2.05) is 6.08 Å². The van der Waals surface area contributed by atoms with Crippen molar-refractivity contribution in [2.45, 2.75) is 18.2 Å². The number of oxime groups is 1. The van der Waals surface area contributed by atoms with E-state index in [0.717, 1.165) is 0 Å². The zero-order valence-electron chi connectivity index (χ0n) is 17.9. The van der Waals surface area contributed by atoms with E-state index in [4.69, 9.17) is 4.63 Å². The van der Waals surface area contributed by atoms with Gasteiger partial charge in [0, 0.05) is 17.9 Å². The highest BCUT2D eigenvalue weighted by atomic mass is 79.9. The van der Waals surface area contributed by atoms with Crippen molar-refractivity contribution >= 4 is 43.3 Å². The number of benzene rings is 2. The summed E-state index contributed by atoms with van der Waals surface area (Å²) in [7, 11) is -3.73. The summed E-state index contributed by atoms with van der Waals surface area (Å²) in [5.41, 5.74) is 1.67. The number of sulfonamides is 1. The number of rotatable bonds is 7. The van der Waals surface area contributed by atoms with Gasteiger partial charge >= 0.3 is 0 Å². The summed E-state index contributed by atoms with van der Waals surface area (Å²) >= 11 is 3.09. The zero-order chi connectivity index (χ0) is 24.3. The standard InChI is InChI=1S/C21H20BrFN6O4S/c1-13-5-2-3-7-18(13)34(31,32)29-10-4-6-15(29)12-24-20-19(27-33-28-20)21(26-30)25-14-8-9-17(23)16(22)11-14/h2-3,5-9,11,30H,4,10,12H2,1H3,(H,24,28)(H,25,26). The topological polar surface area (TPSA) is 133 Å². The summed E-state index contributed by atoms with van der Waals surface area (Å²) in [6.45, 7) is 2.18. The molecule has 0 saturated carbocycles. The van der Waals surface area contributed by atoms with E-state index in [0.29, 0.717) is 29.9 Å². The molecule has 3 aromatic rings. The van der Waals surface area contributed by atoms with Crippen LogP contribution in [0.15, 0.2) is 73.4 Å². The molecule has 0 atom stereocenters. The van der Waals surface area contributed by atoms with E-state index in [1.54, 1.807) is 31.2 Å². The Kier molecular flexibility index (Phi) is 6.84. The highest BCUT2D eigenvalue weighted by Gasteiger charge is 2.30. The molecular weight excluding hydrogens is 531 g/mol. The van der Waals surface area contributed by atoms with E-state index in [-0.39, 0.29) is 33.3 Å². The van der Waals surface area contributed by atoms with Crippen LogP contribution >= 0.6 is 15.9 Å². The van der Waals surface area contributed by atoms with Gasteiger partial charge in [-0.05, 0) is 69.4 Å². The molecule has 0 saturated heterocycles. The molecule has 0 amide bonds. The van der Waals surface area contributed by atoms with Crippen LogP contribution in [0, 0.1) is 12.7 Å². The normalized spacial score (nSPS) is 14.3. The van der Waals surface area contributed by atoms with Crippen molar-refractivity contribution in [3.05, 3.63) is 75.8 Å². The first-order valence-electron chi connectivity index (χ1n) is 10.1. The van der Waals surface area contributed by atoms with Gasteiger partial charge in [0.1, 0.15) is 5.82 Å². The molecular formula is C21H20BrFN6O4S. The number of nitrogens with zero attached hydrogens (tertiary/aromatic N) is 4. The molecule has 1 aliphatic rings. The third kappa shape index (κ3) is 4.75. The summed E-state index contributed by atoms with van der Waals surface area (Å²) in [5, 5.41) is 26.0. The lowest BCUT2D eigenvalue weighted by Crippen LogP contribution is -2.31. The first kappa shape index (κ1) is 23.7. The number of hydrogen-bond acceptors (Lipinski definition) is 8. The van der Waals surface area contributed by atoms with Crippen molar-refractivity contribution in [3.63, 3.8) is 0 Å². The summed E-state index contributed by atoms with van der Waals surface area (Å²) in [6, 6.07) is 10.9. The minimum absolute atomic E-state index is 0.0508. The molecule has 0 bridgehead atoms. The van der Waals surface area contributed by atoms with Crippen LogP contribution in [0.3, 0.4) is 0 Å². The molecule has 10 nitrogen and oxygen atoms in total. The van der Waals surface area contributed by atoms with Crippen molar-refractivity contribution in [2.24, 2.45) is 5.16 Å². The third-order valence-corrected chi connectivity index (χ3v) is 7.75. The molecule has 0 radical (unpaired) electrons. The third-order valence-electron chi connectivity index (χ3n) is 5.13. The van der Waals surface area contributed by atoms with Crippen molar-refractivity contribution in [1.29, 1.82) is 0 Å². The lowest BCUT2D eigenvalue weighted by atomic mass is 10.2. The average Bonchev–Trinajstić information content (AvgIpc) is 3.48. The second-order valence-electron chi connectivity index (χ2n) is 7.34. The first-order chi connectivity index (χ1) is 16.3. The molecule has 178 valence electrons. The Morgan fingerprint density at radius 3 is 2.82 bits per heavy atom. The van der Waals surface area contributed by atoms with Crippen LogP contribution in [-0.2, 0) is 10.0 Å². The molecule has 1 aromatic heterocycles. The molecule has 0 aliphatic carbocycles. The molecule has 13 heteroatoms. The van der Waals surface area contributed by atoms with Gasteiger partial charge in [0.2, 0.25) is 11.7 Å². The molecule has 34 heavy (non-hydrogen) atoms. The molecule has 2 aromatic carbocycles. The molecule has 4 rings (SSSR count). The summed E-state index contributed by atoms with van der Waals surface area (Å²) in [5.74, 6) is -0.428. The number of hydrogen-bond donors (Lipinski definition) is 3. The highest BCUT2D eigenvalue weighted by Crippen LogP contribution is 2.27. The van der Waals surface area contributed by atoms with Gasteiger partial charge in [-0.1, -0.05) is 29.4 Å². The van der Waals surface area contributed by atoms with Crippen molar-refractivity contribution in [2.75, 3.05) is 23.7 Å². The molecule has 2 heterocycles. The summed E-state index contributed by atoms with van der Waals surface area (Å²) in [6.07, 6.45) is 2.39. The molecule has 0 spiro atoms. The van der Waals surface area contributed by atoms with Crippen LogP contribution in [0.25, 0.3) is 0 Å². The quantitative estimate of drug-likeness (QED) is 0.174. The molecule has 0 unspecified atom stereocenters. The molecule has 1 aliphatic heterocycles. The Morgan fingerprint density at radius 2 is 2.09 bits per heavy atom. The Labute approximate surface area is 203 Å². The van der Waals surface area contributed by atoms with Gasteiger partial charge in [-0.2, -0.15) is 0 Å². The number of nitrogens with one attached hydrogen (secondary N) is 2. The van der Waals surface area contributed by atoms with Crippen LogP contribution in [-0.4, -0.2) is 47.2 Å². The van der Waals surface area contributed by atoms with E-state index in [2.05, 4.69) is 42.0 Å². The van der Waals surface area contributed by atoms with Gasteiger partial charge in [0.25, 0.3) is 10.0 Å². The van der Waals surface area contributed by atoms with Crippen LogP contribution in [0.2, 0.25) is 0 Å². The van der Waals surface area contributed by atoms with Crippen LogP contribution < -0.4 is 10.6 Å². The Balaban J connectivity index is 1.50. The number of amidine groups is 1.